The van der Waals surface area contributed by atoms with Crippen LogP contribution in [0.5, 0.6) is 0 Å². The number of carbonyl (C=O) groups is 2. The number of hydrogen-bond acceptors (Lipinski definition) is 9. The van der Waals surface area contributed by atoms with E-state index in [1.165, 1.54) is 173 Å². The first-order valence-electron chi connectivity index (χ1n) is 25.1. The minimum atomic E-state index is -4.62. The number of ether oxygens (including phenoxy) is 2. The van der Waals surface area contributed by atoms with Gasteiger partial charge in [-0.25, -0.2) is 4.57 Å². The largest absolute Gasteiger partial charge is 0.472 e. The van der Waals surface area contributed by atoms with Crippen LogP contribution in [0.4, 0.5) is 0 Å². The number of allylic oxidation sites excluding steroid dienone is 2. The Kier molecular flexibility index (Phi) is 44.7. The first-order chi connectivity index (χ1) is 29.2. The molecule has 0 aromatic carbocycles. The van der Waals surface area contributed by atoms with Gasteiger partial charge < -0.3 is 24.6 Å². The van der Waals surface area contributed by atoms with Crippen molar-refractivity contribution in [3.63, 3.8) is 0 Å². The fraction of sp³-hybridized carbons (Fsp3) is 0.918. The lowest BCUT2D eigenvalue weighted by molar-refractivity contribution is -0.161. The molecule has 0 radical (unpaired) electrons. The molecule has 0 aromatic heterocycles. The topological polar surface area (TPSA) is 149 Å². The quantitative estimate of drug-likeness (QED) is 0.0233. The van der Waals surface area contributed by atoms with E-state index >= 15 is 0 Å². The molecule has 0 spiro atoms. The standard InChI is InChI=1S/C49H95O10P/c1-3-5-7-9-11-13-15-17-19-21-22-23-25-26-28-30-32-34-36-38-40-48(52)56-44-47(45-58-60(54,55)57-43-46(51)42-50)59-49(53)41-39-37-35-33-31-29-27-24-20-18-16-14-12-10-8-6-4-2/h18,20,46-47,50-51H,3-17,19,21-45H2,1-2H3,(H,54,55)/b20-18-. The maximum atomic E-state index is 12.7. The lowest BCUT2D eigenvalue weighted by atomic mass is 10.0. The molecule has 0 saturated heterocycles. The molecule has 0 aliphatic heterocycles. The number of phosphoric ester groups is 1. The van der Waals surface area contributed by atoms with E-state index in [4.69, 9.17) is 23.6 Å². The van der Waals surface area contributed by atoms with Crippen molar-refractivity contribution in [2.75, 3.05) is 26.4 Å². The van der Waals surface area contributed by atoms with E-state index in [1.807, 2.05) is 0 Å². The molecule has 60 heavy (non-hydrogen) atoms. The molecule has 0 fully saturated rings. The van der Waals surface area contributed by atoms with Crippen LogP contribution < -0.4 is 0 Å². The Morgan fingerprint density at radius 2 is 0.817 bits per heavy atom. The molecule has 3 unspecified atom stereocenters. The van der Waals surface area contributed by atoms with E-state index < -0.39 is 51.8 Å². The number of rotatable bonds is 48. The highest BCUT2D eigenvalue weighted by Crippen LogP contribution is 2.43. The Balaban J connectivity index is 4.16. The molecule has 3 N–H and O–H groups in total. The van der Waals surface area contributed by atoms with E-state index in [-0.39, 0.29) is 19.4 Å². The van der Waals surface area contributed by atoms with E-state index in [9.17, 15) is 24.2 Å². The van der Waals surface area contributed by atoms with Crippen LogP contribution >= 0.6 is 7.82 Å². The van der Waals surface area contributed by atoms with Gasteiger partial charge in [0.25, 0.3) is 0 Å². The van der Waals surface area contributed by atoms with Crippen LogP contribution in [0.25, 0.3) is 0 Å². The molecule has 3 atom stereocenters. The van der Waals surface area contributed by atoms with Crippen molar-refractivity contribution in [3.05, 3.63) is 12.2 Å². The van der Waals surface area contributed by atoms with Gasteiger partial charge in [0.05, 0.1) is 19.8 Å². The van der Waals surface area contributed by atoms with E-state index in [0.29, 0.717) is 12.8 Å². The van der Waals surface area contributed by atoms with Gasteiger partial charge in [0.15, 0.2) is 6.10 Å². The number of aliphatic hydroxyl groups excluding tert-OH is 2. The summed E-state index contributed by atoms with van der Waals surface area (Å²) in [6.07, 6.45) is 46.0. The van der Waals surface area contributed by atoms with Crippen LogP contribution in [0, 0.1) is 0 Å². The molecule has 10 nitrogen and oxygen atoms in total. The average Bonchev–Trinajstić information content (AvgIpc) is 3.24. The van der Waals surface area contributed by atoms with Crippen LogP contribution in [-0.2, 0) is 32.7 Å². The Bertz CT molecular complexity index is 1010. The first-order valence-corrected chi connectivity index (χ1v) is 26.6. The summed E-state index contributed by atoms with van der Waals surface area (Å²) in [7, 11) is -4.62. The number of esters is 2. The Morgan fingerprint density at radius 3 is 1.20 bits per heavy atom. The van der Waals surface area contributed by atoms with Gasteiger partial charge in [-0.3, -0.25) is 18.6 Å². The van der Waals surface area contributed by atoms with Crippen molar-refractivity contribution >= 4 is 19.8 Å². The first kappa shape index (κ1) is 58.7. The summed E-state index contributed by atoms with van der Waals surface area (Å²) in [6.45, 7) is 2.43. The summed E-state index contributed by atoms with van der Waals surface area (Å²) in [5.41, 5.74) is 0. The monoisotopic (exact) mass is 875 g/mol. The molecule has 0 bridgehead atoms. The van der Waals surface area contributed by atoms with E-state index in [0.717, 1.165) is 38.5 Å². The normalized spacial score (nSPS) is 13.8. The highest BCUT2D eigenvalue weighted by Gasteiger charge is 2.27. The van der Waals surface area contributed by atoms with Crippen LogP contribution in [0.1, 0.15) is 251 Å². The van der Waals surface area contributed by atoms with Gasteiger partial charge in [0.1, 0.15) is 12.7 Å². The maximum absolute atomic E-state index is 12.7. The zero-order chi connectivity index (χ0) is 44.0. The molecular formula is C49H95O10P. The third kappa shape index (κ3) is 44.8. The zero-order valence-electron chi connectivity index (χ0n) is 38.9. The maximum Gasteiger partial charge on any atom is 0.472 e. The number of hydrogen-bond donors (Lipinski definition) is 3. The minimum Gasteiger partial charge on any atom is -0.462 e. The molecule has 11 heteroatoms. The lowest BCUT2D eigenvalue weighted by Gasteiger charge is -2.20. The Morgan fingerprint density at radius 1 is 0.483 bits per heavy atom. The summed E-state index contributed by atoms with van der Waals surface area (Å²) in [5.74, 6) is -0.914. The summed E-state index contributed by atoms with van der Waals surface area (Å²) >= 11 is 0. The van der Waals surface area contributed by atoms with E-state index in [1.54, 1.807) is 0 Å². The van der Waals surface area contributed by atoms with Gasteiger partial charge in [0, 0.05) is 12.8 Å². The van der Waals surface area contributed by atoms with Gasteiger partial charge >= 0.3 is 19.8 Å². The van der Waals surface area contributed by atoms with Gasteiger partial charge in [-0.1, -0.05) is 212 Å². The Labute approximate surface area is 368 Å². The second-order valence-electron chi connectivity index (χ2n) is 17.2. The summed E-state index contributed by atoms with van der Waals surface area (Å²) < 4.78 is 32.8. The Hall–Kier alpha value is -1.29. The molecule has 0 aliphatic rings. The fourth-order valence-corrected chi connectivity index (χ4v) is 8.07. The zero-order valence-corrected chi connectivity index (χ0v) is 39.8. The third-order valence-electron chi connectivity index (χ3n) is 11.2. The van der Waals surface area contributed by atoms with Crippen LogP contribution in [0.2, 0.25) is 0 Å². The molecule has 0 heterocycles. The number of phosphoric acid groups is 1. The molecule has 0 amide bonds. The summed E-state index contributed by atoms with van der Waals surface area (Å²) in [6, 6.07) is 0. The molecule has 0 aromatic rings. The lowest BCUT2D eigenvalue weighted by Crippen LogP contribution is -2.29. The molecule has 356 valence electrons. The molecule has 0 saturated carbocycles. The van der Waals surface area contributed by atoms with Gasteiger partial charge in [-0.05, 0) is 38.5 Å². The van der Waals surface area contributed by atoms with Crippen molar-refractivity contribution in [2.45, 2.75) is 264 Å². The van der Waals surface area contributed by atoms with E-state index in [2.05, 4.69) is 26.0 Å². The molecule has 0 aliphatic carbocycles. The van der Waals surface area contributed by atoms with Crippen molar-refractivity contribution < 1.29 is 47.8 Å². The number of carbonyl (C=O) groups excluding carboxylic acids is 2. The predicted octanol–water partition coefficient (Wildman–Crippen LogP) is 14.0. The van der Waals surface area contributed by atoms with Crippen LogP contribution in [0.3, 0.4) is 0 Å². The van der Waals surface area contributed by atoms with Crippen molar-refractivity contribution in [1.82, 2.24) is 0 Å². The third-order valence-corrected chi connectivity index (χ3v) is 12.1. The fourth-order valence-electron chi connectivity index (χ4n) is 7.28. The molecular weight excluding hydrogens is 780 g/mol. The van der Waals surface area contributed by atoms with Gasteiger partial charge in [-0.15, -0.1) is 0 Å². The van der Waals surface area contributed by atoms with Crippen molar-refractivity contribution in [3.8, 4) is 0 Å². The van der Waals surface area contributed by atoms with Crippen molar-refractivity contribution in [1.29, 1.82) is 0 Å². The second kappa shape index (κ2) is 45.7. The van der Waals surface area contributed by atoms with Crippen molar-refractivity contribution in [2.24, 2.45) is 0 Å². The molecule has 0 rings (SSSR count). The summed E-state index contributed by atoms with van der Waals surface area (Å²) in [5, 5.41) is 18.4. The van der Waals surface area contributed by atoms with Gasteiger partial charge in [-0.2, -0.15) is 0 Å². The summed E-state index contributed by atoms with van der Waals surface area (Å²) in [4.78, 5) is 35.1. The number of aliphatic hydroxyl groups is 2. The minimum absolute atomic E-state index is 0.184. The highest BCUT2D eigenvalue weighted by molar-refractivity contribution is 7.47. The number of unbranched alkanes of at least 4 members (excludes halogenated alkanes) is 32. The van der Waals surface area contributed by atoms with Crippen LogP contribution in [-0.4, -0.2) is 65.7 Å². The highest BCUT2D eigenvalue weighted by atomic mass is 31.2. The van der Waals surface area contributed by atoms with Gasteiger partial charge in [0.2, 0.25) is 0 Å². The smallest absolute Gasteiger partial charge is 0.462 e. The van der Waals surface area contributed by atoms with Crippen LogP contribution in [0.15, 0.2) is 12.2 Å². The predicted molar refractivity (Wildman–Crippen MR) is 247 cm³/mol. The SMILES string of the molecule is CCCCCCCC/C=C\CCCCCCCCCC(=O)OC(COC(=O)CCCCCCCCCCCCCCCCCCCCCC)COP(=O)(O)OCC(O)CO. The second-order valence-corrected chi connectivity index (χ2v) is 18.7. The average molecular weight is 875 g/mol.